The van der Waals surface area contributed by atoms with Gasteiger partial charge in [0.1, 0.15) is 5.82 Å². The van der Waals surface area contributed by atoms with Crippen molar-refractivity contribution >= 4 is 34.0 Å². The maximum absolute atomic E-state index is 12.0. The minimum Gasteiger partial charge on any atom is -0.341 e. The van der Waals surface area contributed by atoms with Gasteiger partial charge in [-0.3, -0.25) is 9.78 Å². The number of hydrogen-bond donors (Lipinski definition) is 2. The van der Waals surface area contributed by atoms with Crippen LogP contribution < -0.4 is 16.0 Å². The molecular formula is C34H36N8O. The quantitative estimate of drug-likeness (QED) is 0.260. The molecule has 3 N–H and O–H groups in total. The predicted octanol–water partition coefficient (Wildman–Crippen LogP) is 5.14. The molecule has 0 atom stereocenters. The molecule has 0 radical (unpaired) electrons. The second-order valence-electron chi connectivity index (χ2n) is 11.3. The fourth-order valence-corrected chi connectivity index (χ4v) is 5.71. The Morgan fingerprint density at radius 1 is 1.09 bits per heavy atom. The van der Waals surface area contributed by atoms with Gasteiger partial charge in [0.25, 0.3) is 5.91 Å². The summed E-state index contributed by atoms with van der Waals surface area (Å²) in [6.07, 6.45) is 7.06. The highest BCUT2D eigenvalue weighted by molar-refractivity contribution is 6.05. The molecule has 0 aliphatic carbocycles. The summed E-state index contributed by atoms with van der Waals surface area (Å²) < 4.78 is 1.91. The number of nitrogens with zero attached hydrogens (tertiary/aromatic N) is 6. The second-order valence-corrected chi connectivity index (χ2v) is 11.3. The lowest BCUT2D eigenvalue weighted by Gasteiger charge is -2.30. The van der Waals surface area contributed by atoms with Gasteiger partial charge in [-0.25, -0.2) is 4.52 Å². The van der Waals surface area contributed by atoms with Crippen LogP contribution in [-0.2, 0) is 17.6 Å². The van der Waals surface area contributed by atoms with E-state index in [0.717, 1.165) is 77.4 Å². The van der Waals surface area contributed by atoms with Crippen molar-refractivity contribution in [2.75, 3.05) is 23.3 Å². The van der Waals surface area contributed by atoms with Gasteiger partial charge in [-0.05, 0) is 67.2 Å². The number of aromatic nitrogens is 5. The van der Waals surface area contributed by atoms with Gasteiger partial charge < -0.3 is 16.0 Å². The van der Waals surface area contributed by atoms with E-state index in [2.05, 4.69) is 54.1 Å². The van der Waals surface area contributed by atoms with Crippen molar-refractivity contribution in [3.05, 3.63) is 77.9 Å². The fourth-order valence-electron chi connectivity index (χ4n) is 5.71. The molecule has 3 aromatic heterocycles. The minimum atomic E-state index is -0.329. The second kappa shape index (κ2) is 12.2. The van der Waals surface area contributed by atoms with Crippen molar-refractivity contribution in [2.24, 2.45) is 5.73 Å². The summed E-state index contributed by atoms with van der Waals surface area (Å²) in [6.45, 7) is 7.69. The van der Waals surface area contributed by atoms with Crippen LogP contribution in [0.4, 0.5) is 11.6 Å². The molecule has 1 fully saturated rings. The van der Waals surface area contributed by atoms with Crippen LogP contribution in [0.25, 0.3) is 27.7 Å². The van der Waals surface area contributed by atoms with Crippen molar-refractivity contribution in [3.8, 4) is 23.1 Å². The van der Waals surface area contributed by atoms with Gasteiger partial charge >= 0.3 is 0 Å². The Bertz CT molecular complexity index is 1860. The van der Waals surface area contributed by atoms with Crippen molar-refractivity contribution in [2.45, 2.75) is 58.4 Å². The van der Waals surface area contributed by atoms with E-state index < -0.39 is 0 Å². The number of pyridine rings is 1. The Kier molecular flexibility index (Phi) is 8.03. The molecule has 1 aliphatic rings. The van der Waals surface area contributed by atoms with Gasteiger partial charge in [0.15, 0.2) is 5.65 Å². The first-order valence-corrected chi connectivity index (χ1v) is 14.9. The first kappa shape index (κ1) is 28.3. The van der Waals surface area contributed by atoms with Crippen LogP contribution in [0.1, 0.15) is 56.5 Å². The number of anilines is 2. The van der Waals surface area contributed by atoms with Crippen LogP contribution >= 0.6 is 0 Å². The van der Waals surface area contributed by atoms with E-state index in [-0.39, 0.29) is 11.9 Å². The molecule has 0 spiro atoms. The number of piperidine rings is 1. The van der Waals surface area contributed by atoms with E-state index in [1.807, 2.05) is 47.2 Å². The van der Waals surface area contributed by atoms with E-state index in [1.54, 1.807) is 6.92 Å². The largest absolute Gasteiger partial charge is 0.341 e. The third-order valence-corrected chi connectivity index (χ3v) is 8.05. The smallest absolute Gasteiger partial charge is 0.300 e. The SMILES string of the molecule is CC#CC(=O)Nc1ccc2c(-c3ccccc3CCc3nc(N4CCC(N)CC4)nc4c(C(C)C)cnn34)nccc2c1. The van der Waals surface area contributed by atoms with Crippen molar-refractivity contribution in [1.82, 2.24) is 24.6 Å². The summed E-state index contributed by atoms with van der Waals surface area (Å²) in [7, 11) is 0. The summed E-state index contributed by atoms with van der Waals surface area (Å²) >= 11 is 0. The number of fused-ring (bicyclic) bond motifs is 2. The summed E-state index contributed by atoms with van der Waals surface area (Å²) in [5.74, 6) is 6.77. The topological polar surface area (TPSA) is 114 Å². The summed E-state index contributed by atoms with van der Waals surface area (Å²) in [5, 5.41) is 9.55. The Hall–Kier alpha value is -4.81. The Labute approximate surface area is 251 Å². The lowest BCUT2D eigenvalue weighted by atomic mass is 9.96. The van der Waals surface area contributed by atoms with Crippen molar-refractivity contribution in [1.29, 1.82) is 0 Å². The standard InChI is InChI=1S/C34H36N8O/c1-4-7-31(43)38-26-11-12-28-24(20-26)14-17-36-32(28)27-9-6-5-8-23(27)10-13-30-39-34(41-18-15-25(35)16-19-41)40-33-29(22(2)3)21-37-42(30)33/h5-6,8-9,11-12,14,17,20-22,25H,10,13,15-16,18-19,35H2,1-3H3,(H,38,43). The summed E-state index contributed by atoms with van der Waals surface area (Å²) in [6, 6.07) is 16.4. The normalized spacial score (nSPS) is 13.8. The first-order chi connectivity index (χ1) is 20.9. The average molecular weight is 573 g/mol. The number of nitrogens with two attached hydrogens (primary N) is 1. The fraction of sp³-hybridized carbons (Fsp3) is 0.324. The molecule has 6 rings (SSSR count). The molecule has 4 heterocycles. The molecule has 5 aromatic rings. The number of nitrogens with one attached hydrogen (secondary N) is 1. The predicted molar refractivity (Wildman–Crippen MR) is 171 cm³/mol. The Morgan fingerprint density at radius 2 is 1.91 bits per heavy atom. The van der Waals surface area contributed by atoms with Crippen LogP contribution in [0, 0.1) is 11.8 Å². The summed E-state index contributed by atoms with van der Waals surface area (Å²) in [4.78, 5) is 29.1. The van der Waals surface area contributed by atoms with Crippen molar-refractivity contribution < 1.29 is 4.79 Å². The molecule has 1 aliphatic heterocycles. The minimum absolute atomic E-state index is 0.237. The molecule has 1 saturated heterocycles. The molecule has 2 aromatic carbocycles. The molecule has 218 valence electrons. The zero-order valence-corrected chi connectivity index (χ0v) is 24.8. The van der Waals surface area contributed by atoms with Gasteiger partial charge in [0.2, 0.25) is 5.95 Å². The van der Waals surface area contributed by atoms with Gasteiger partial charge in [-0.1, -0.05) is 50.1 Å². The lowest BCUT2D eigenvalue weighted by molar-refractivity contribution is -0.111. The third kappa shape index (κ3) is 5.92. The maximum atomic E-state index is 12.0. The van der Waals surface area contributed by atoms with E-state index in [0.29, 0.717) is 18.0 Å². The molecule has 9 heteroatoms. The number of hydrogen-bond acceptors (Lipinski definition) is 7. The van der Waals surface area contributed by atoms with Crippen LogP contribution in [0.2, 0.25) is 0 Å². The van der Waals surface area contributed by atoms with E-state index in [9.17, 15) is 4.79 Å². The molecule has 0 unspecified atom stereocenters. The number of rotatable bonds is 7. The van der Waals surface area contributed by atoms with Gasteiger partial charge in [-0.15, -0.1) is 0 Å². The molecule has 1 amide bonds. The summed E-state index contributed by atoms with van der Waals surface area (Å²) in [5.41, 5.74) is 12.0. The van der Waals surface area contributed by atoms with Gasteiger partial charge in [-0.2, -0.15) is 15.1 Å². The number of benzene rings is 2. The third-order valence-electron chi connectivity index (χ3n) is 8.05. The highest BCUT2D eigenvalue weighted by Gasteiger charge is 2.22. The molecule has 9 nitrogen and oxygen atoms in total. The molecule has 0 saturated carbocycles. The van der Waals surface area contributed by atoms with Crippen LogP contribution in [-0.4, -0.2) is 49.6 Å². The zero-order chi connectivity index (χ0) is 29.9. The molecule has 43 heavy (non-hydrogen) atoms. The lowest BCUT2D eigenvalue weighted by Crippen LogP contribution is -2.40. The molecule has 0 bridgehead atoms. The van der Waals surface area contributed by atoms with E-state index >= 15 is 0 Å². The average Bonchev–Trinajstić information content (AvgIpc) is 3.45. The van der Waals surface area contributed by atoms with E-state index in [1.165, 1.54) is 5.56 Å². The van der Waals surface area contributed by atoms with Crippen molar-refractivity contribution in [3.63, 3.8) is 0 Å². The number of aryl methyl sites for hydroxylation is 2. The van der Waals surface area contributed by atoms with Crippen LogP contribution in [0.3, 0.4) is 0 Å². The monoisotopic (exact) mass is 572 g/mol. The zero-order valence-electron chi connectivity index (χ0n) is 24.8. The number of amides is 1. The van der Waals surface area contributed by atoms with Gasteiger partial charge in [0.05, 0.1) is 11.9 Å². The number of carbonyl (C=O) groups is 1. The van der Waals surface area contributed by atoms with E-state index in [4.69, 9.17) is 25.8 Å². The maximum Gasteiger partial charge on any atom is 0.300 e. The first-order valence-electron chi connectivity index (χ1n) is 14.9. The van der Waals surface area contributed by atoms with Crippen LogP contribution in [0.5, 0.6) is 0 Å². The highest BCUT2D eigenvalue weighted by Crippen LogP contribution is 2.32. The highest BCUT2D eigenvalue weighted by atomic mass is 16.1. The Balaban J connectivity index is 1.33. The van der Waals surface area contributed by atoms with Gasteiger partial charge in [0, 0.05) is 53.9 Å². The molecular weight excluding hydrogens is 536 g/mol. The number of carbonyl (C=O) groups excluding carboxylic acids is 1. The van der Waals surface area contributed by atoms with Crippen LogP contribution in [0.15, 0.2) is 60.9 Å². The Morgan fingerprint density at radius 3 is 2.70 bits per heavy atom.